The third kappa shape index (κ3) is 5.59. The van der Waals surface area contributed by atoms with Crippen LogP contribution in [0.1, 0.15) is 25.0 Å². The molecule has 0 heterocycles. The van der Waals surface area contributed by atoms with E-state index in [2.05, 4.69) is 5.32 Å². The second kappa shape index (κ2) is 11.6. The summed E-state index contributed by atoms with van der Waals surface area (Å²) in [6, 6.07) is 16.8. The van der Waals surface area contributed by atoms with Gasteiger partial charge in [0.2, 0.25) is 0 Å². The van der Waals surface area contributed by atoms with Crippen LogP contribution in [0.2, 0.25) is 0 Å². The van der Waals surface area contributed by atoms with Gasteiger partial charge < -0.3 is 24.3 Å². The van der Waals surface area contributed by atoms with Crippen LogP contribution in [0.5, 0.6) is 23.0 Å². The molecule has 3 aromatic rings. The summed E-state index contributed by atoms with van der Waals surface area (Å²) in [6.07, 6.45) is 1.56. The molecule has 0 radical (unpaired) electrons. The van der Waals surface area contributed by atoms with E-state index in [4.69, 9.17) is 18.9 Å². The number of nitrogens with one attached hydrogen (secondary N) is 1. The molecule has 0 unspecified atom stereocenters. The number of hydrogen-bond donors (Lipinski definition) is 1. The zero-order chi connectivity index (χ0) is 24.5. The van der Waals surface area contributed by atoms with Crippen molar-refractivity contribution in [3.05, 3.63) is 65.2 Å². The lowest BCUT2D eigenvalue weighted by molar-refractivity contribution is -0.117. The van der Waals surface area contributed by atoms with E-state index in [9.17, 15) is 10.1 Å². The molecule has 0 fully saturated rings. The van der Waals surface area contributed by atoms with E-state index in [1.807, 2.05) is 50.2 Å². The van der Waals surface area contributed by atoms with Gasteiger partial charge in [-0.25, -0.2) is 0 Å². The van der Waals surface area contributed by atoms with Crippen molar-refractivity contribution in [3.63, 3.8) is 0 Å². The fourth-order valence-electron chi connectivity index (χ4n) is 3.55. The average molecular weight is 461 g/mol. The topological polar surface area (TPSA) is 89.8 Å². The molecule has 0 aliphatic heterocycles. The largest absolute Gasteiger partial charge is 0.497 e. The summed E-state index contributed by atoms with van der Waals surface area (Å²) < 4.78 is 22.0. The number of methoxy groups -OCH3 is 2. The molecule has 0 atom stereocenters. The summed E-state index contributed by atoms with van der Waals surface area (Å²) in [7, 11) is 3.12. The van der Waals surface area contributed by atoms with Gasteiger partial charge in [-0.1, -0.05) is 12.1 Å². The van der Waals surface area contributed by atoms with Crippen LogP contribution < -0.4 is 24.3 Å². The maximum absolute atomic E-state index is 12.9. The third-order valence-electron chi connectivity index (χ3n) is 5.19. The van der Waals surface area contributed by atoms with Crippen molar-refractivity contribution < 1.29 is 23.7 Å². The number of rotatable bonds is 10. The van der Waals surface area contributed by atoms with Crippen LogP contribution in [-0.4, -0.2) is 33.3 Å². The van der Waals surface area contributed by atoms with E-state index in [1.165, 1.54) is 0 Å². The highest BCUT2D eigenvalue weighted by atomic mass is 16.5. The first kappa shape index (κ1) is 24.5. The zero-order valence-corrected chi connectivity index (χ0v) is 19.8. The van der Waals surface area contributed by atoms with Crippen LogP contribution in [0, 0.1) is 11.3 Å². The summed E-state index contributed by atoms with van der Waals surface area (Å²) in [6.45, 7) is 4.96. The Labute approximate surface area is 199 Å². The van der Waals surface area contributed by atoms with Crippen LogP contribution >= 0.6 is 0 Å². The van der Waals surface area contributed by atoms with E-state index < -0.39 is 5.91 Å². The summed E-state index contributed by atoms with van der Waals surface area (Å²) >= 11 is 0. The number of amides is 1. The second-order valence-corrected chi connectivity index (χ2v) is 7.26. The molecule has 1 amide bonds. The Bertz CT molecular complexity index is 1240. The van der Waals surface area contributed by atoms with Gasteiger partial charge in [-0.05, 0) is 61.0 Å². The summed E-state index contributed by atoms with van der Waals surface area (Å²) in [5.74, 6) is 2.02. The Hall–Kier alpha value is -4.18. The highest BCUT2D eigenvalue weighted by Crippen LogP contribution is 2.33. The number of nitriles is 1. The molecule has 7 nitrogen and oxygen atoms in total. The minimum Gasteiger partial charge on any atom is -0.497 e. The predicted molar refractivity (Wildman–Crippen MR) is 131 cm³/mol. The van der Waals surface area contributed by atoms with Crippen molar-refractivity contribution in [2.75, 3.05) is 27.4 Å². The fraction of sp³-hybridized carbons (Fsp3) is 0.259. The molecule has 34 heavy (non-hydrogen) atoms. The van der Waals surface area contributed by atoms with Gasteiger partial charge in [-0.2, -0.15) is 5.26 Å². The molecule has 7 heteroatoms. The molecule has 0 aromatic heterocycles. The van der Waals surface area contributed by atoms with Crippen LogP contribution in [0.4, 0.5) is 0 Å². The molecule has 0 saturated carbocycles. The molecule has 0 bridgehead atoms. The Balaban J connectivity index is 1.95. The number of fused-ring (bicyclic) bond motifs is 1. The van der Waals surface area contributed by atoms with Gasteiger partial charge in [0.25, 0.3) is 5.91 Å². The van der Waals surface area contributed by atoms with Crippen molar-refractivity contribution in [2.45, 2.75) is 20.4 Å². The van der Waals surface area contributed by atoms with Gasteiger partial charge >= 0.3 is 0 Å². The Kier molecular flexibility index (Phi) is 8.36. The Morgan fingerprint density at radius 1 is 0.941 bits per heavy atom. The number of carbonyl (C=O) groups is 1. The van der Waals surface area contributed by atoms with Crippen LogP contribution in [0.3, 0.4) is 0 Å². The maximum Gasteiger partial charge on any atom is 0.262 e. The molecular weight excluding hydrogens is 432 g/mol. The summed E-state index contributed by atoms with van der Waals surface area (Å²) in [4.78, 5) is 12.9. The molecule has 0 aliphatic rings. The standard InChI is InChI=1S/C27H28N2O5/c1-5-33-22-11-7-18-9-12-25(34-6-2)24(23(18)14-22)13-20(16-28)27(30)29-17-19-8-10-21(31-3)15-26(19)32-4/h7-15H,5-6,17H2,1-4H3,(H,29,30)/b20-13+. The van der Waals surface area contributed by atoms with Gasteiger partial charge in [-0.3, -0.25) is 4.79 Å². The Morgan fingerprint density at radius 2 is 1.68 bits per heavy atom. The van der Waals surface area contributed by atoms with E-state index >= 15 is 0 Å². The lowest BCUT2D eigenvalue weighted by Crippen LogP contribution is -2.24. The first-order chi connectivity index (χ1) is 16.5. The van der Waals surface area contributed by atoms with E-state index in [1.54, 1.807) is 38.5 Å². The molecule has 3 aromatic carbocycles. The highest BCUT2D eigenvalue weighted by Gasteiger charge is 2.15. The van der Waals surface area contributed by atoms with Crippen LogP contribution in [-0.2, 0) is 11.3 Å². The molecule has 1 N–H and O–H groups in total. The lowest BCUT2D eigenvalue weighted by Gasteiger charge is -2.13. The fourth-order valence-corrected chi connectivity index (χ4v) is 3.55. The first-order valence-electron chi connectivity index (χ1n) is 11.0. The molecule has 0 spiro atoms. The Morgan fingerprint density at radius 3 is 2.35 bits per heavy atom. The van der Waals surface area contributed by atoms with Gasteiger partial charge in [0, 0.05) is 23.7 Å². The monoisotopic (exact) mass is 460 g/mol. The normalized spacial score (nSPS) is 11.0. The zero-order valence-electron chi connectivity index (χ0n) is 19.8. The van der Waals surface area contributed by atoms with Crippen molar-refractivity contribution in [1.82, 2.24) is 5.32 Å². The number of hydrogen-bond acceptors (Lipinski definition) is 6. The predicted octanol–water partition coefficient (Wildman–Crippen LogP) is 4.88. The summed E-state index contributed by atoms with van der Waals surface area (Å²) in [5.41, 5.74) is 1.37. The van der Waals surface area contributed by atoms with Gasteiger partial charge in [0.05, 0.1) is 27.4 Å². The highest BCUT2D eigenvalue weighted by molar-refractivity contribution is 6.05. The minimum absolute atomic E-state index is 0.0391. The van der Waals surface area contributed by atoms with E-state index in [0.29, 0.717) is 41.8 Å². The smallest absolute Gasteiger partial charge is 0.262 e. The lowest BCUT2D eigenvalue weighted by atomic mass is 10.0. The molecular formula is C27H28N2O5. The average Bonchev–Trinajstić information content (AvgIpc) is 2.86. The van der Waals surface area contributed by atoms with Gasteiger partial charge in [-0.15, -0.1) is 0 Å². The molecule has 0 saturated heterocycles. The van der Waals surface area contributed by atoms with Crippen molar-refractivity contribution >= 4 is 22.8 Å². The third-order valence-corrected chi connectivity index (χ3v) is 5.19. The van der Waals surface area contributed by atoms with Crippen LogP contribution in [0.15, 0.2) is 54.1 Å². The number of carbonyl (C=O) groups excluding carboxylic acids is 1. The number of benzene rings is 3. The van der Waals surface area contributed by atoms with Gasteiger partial charge in [0.15, 0.2) is 0 Å². The van der Waals surface area contributed by atoms with Crippen molar-refractivity contribution in [1.29, 1.82) is 5.26 Å². The molecule has 3 rings (SSSR count). The van der Waals surface area contributed by atoms with E-state index in [-0.39, 0.29) is 12.1 Å². The SMILES string of the molecule is CCOc1ccc2ccc(OCC)c(/C=C(\C#N)C(=O)NCc3ccc(OC)cc3OC)c2c1. The summed E-state index contributed by atoms with van der Waals surface area (Å²) in [5, 5.41) is 14.3. The number of ether oxygens (including phenoxy) is 4. The first-order valence-corrected chi connectivity index (χ1v) is 11.0. The van der Waals surface area contributed by atoms with Gasteiger partial charge in [0.1, 0.15) is 34.6 Å². The quantitative estimate of drug-likeness (QED) is 0.343. The molecule has 176 valence electrons. The van der Waals surface area contributed by atoms with Crippen LogP contribution in [0.25, 0.3) is 16.8 Å². The van der Waals surface area contributed by atoms with Crippen molar-refractivity contribution in [3.8, 4) is 29.1 Å². The second-order valence-electron chi connectivity index (χ2n) is 7.26. The number of nitrogens with zero attached hydrogens (tertiary/aromatic N) is 1. The van der Waals surface area contributed by atoms with Crippen molar-refractivity contribution in [2.24, 2.45) is 0 Å². The minimum atomic E-state index is -0.499. The van der Waals surface area contributed by atoms with E-state index in [0.717, 1.165) is 16.3 Å². The maximum atomic E-state index is 12.9. The molecule has 0 aliphatic carbocycles.